The summed E-state index contributed by atoms with van der Waals surface area (Å²) >= 11 is 1.61. The molecule has 0 saturated carbocycles. The average molecular weight is 383 g/mol. The minimum absolute atomic E-state index is 0.0561. The van der Waals surface area contributed by atoms with Crippen molar-refractivity contribution in [2.75, 3.05) is 25.0 Å². The Morgan fingerprint density at radius 3 is 2.70 bits per heavy atom. The number of hydrogen-bond acceptors (Lipinski definition) is 6. The van der Waals surface area contributed by atoms with Crippen molar-refractivity contribution in [2.24, 2.45) is 0 Å². The molecule has 1 aliphatic heterocycles. The Morgan fingerprint density at radius 2 is 1.93 bits per heavy atom. The van der Waals surface area contributed by atoms with E-state index in [0.29, 0.717) is 11.8 Å². The molecule has 0 amide bonds. The van der Waals surface area contributed by atoms with Gasteiger partial charge < -0.3 is 9.32 Å². The van der Waals surface area contributed by atoms with E-state index in [2.05, 4.69) is 58.2 Å². The Kier molecular flexibility index (Phi) is 5.55. The number of piperidine rings is 1. The number of aromatic nitrogens is 2. The van der Waals surface area contributed by atoms with Gasteiger partial charge in [0.05, 0.1) is 10.9 Å². The van der Waals surface area contributed by atoms with Gasteiger partial charge in [0.2, 0.25) is 5.89 Å². The maximum atomic E-state index is 5.93. The molecule has 1 saturated heterocycles. The van der Waals surface area contributed by atoms with E-state index < -0.39 is 0 Å². The van der Waals surface area contributed by atoms with Gasteiger partial charge in [0, 0.05) is 25.3 Å². The predicted octanol–water partition coefficient (Wildman–Crippen LogP) is 4.98. The van der Waals surface area contributed by atoms with Crippen LogP contribution in [0.3, 0.4) is 0 Å². The normalized spacial score (nSPS) is 16.0. The molecular weight excluding hydrogens is 356 g/mol. The molecule has 6 heteroatoms. The highest BCUT2D eigenvalue weighted by Crippen LogP contribution is 2.29. The minimum atomic E-state index is 0.0561. The fraction of sp³-hybridized carbons (Fsp3) is 0.429. The number of hydrogen-bond donors (Lipinski definition) is 0. The van der Waals surface area contributed by atoms with Gasteiger partial charge in [0.15, 0.2) is 0 Å². The zero-order valence-electron chi connectivity index (χ0n) is 16.0. The number of nitrogens with zero attached hydrogens (tertiary/aromatic N) is 4. The molecule has 1 unspecified atom stereocenters. The van der Waals surface area contributed by atoms with Crippen molar-refractivity contribution in [3.05, 3.63) is 53.2 Å². The van der Waals surface area contributed by atoms with E-state index in [4.69, 9.17) is 4.42 Å². The number of anilines is 1. The van der Waals surface area contributed by atoms with Gasteiger partial charge in [-0.05, 0) is 56.3 Å². The zero-order chi connectivity index (χ0) is 18.6. The third kappa shape index (κ3) is 4.06. The second kappa shape index (κ2) is 8.23. The lowest BCUT2D eigenvalue weighted by atomic mass is 10.1. The molecule has 0 spiro atoms. The predicted molar refractivity (Wildman–Crippen MR) is 110 cm³/mol. The summed E-state index contributed by atoms with van der Waals surface area (Å²) in [7, 11) is 2.12. The van der Waals surface area contributed by atoms with Crippen molar-refractivity contribution in [1.29, 1.82) is 0 Å². The lowest BCUT2D eigenvalue weighted by molar-refractivity contribution is 0.218. The van der Waals surface area contributed by atoms with Crippen LogP contribution < -0.4 is 4.90 Å². The Labute approximate surface area is 164 Å². The number of para-hydroxylation sites is 1. The molecule has 5 nitrogen and oxygen atoms in total. The molecule has 0 bridgehead atoms. The molecule has 0 aliphatic carbocycles. The summed E-state index contributed by atoms with van der Waals surface area (Å²) in [5, 5.41) is 10.5. The standard InChI is InChI=1S/C21H26N4OS/c1-16(20-22-23-21(26-20)19-11-8-14-27-19)24(2)15-17-9-4-5-10-18(17)25-12-6-3-7-13-25/h4-5,8-11,14,16H,3,6-7,12-13,15H2,1-2H3. The first kappa shape index (κ1) is 18.2. The molecule has 1 atom stereocenters. The van der Waals surface area contributed by atoms with Crippen molar-refractivity contribution in [1.82, 2.24) is 15.1 Å². The Hall–Kier alpha value is -2.18. The van der Waals surface area contributed by atoms with Crippen LogP contribution in [0.4, 0.5) is 5.69 Å². The number of benzene rings is 1. The van der Waals surface area contributed by atoms with E-state index in [1.54, 1.807) is 11.3 Å². The summed E-state index contributed by atoms with van der Waals surface area (Å²) in [4.78, 5) is 5.81. The van der Waals surface area contributed by atoms with Crippen LogP contribution in [0, 0.1) is 0 Å². The van der Waals surface area contributed by atoms with Crippen LogP contribution in [0.1, 0.15) is 43.7 Å². The average Bonchev–Trinajstić information content (AvgIpc) is 3.40. The molecule has 3 heterocycles. The van der Waals surface area contributed by atoms with Crippen LogP contribution in [-0.2, 0) is 6.54 Å². The topological polar surface area (TPSA) is 45.4 Å². The van der Waals surface area contributed by atoms with E-state index in [0.717, 1.165) is 24.5 Å². The lowest BCUT2D eigenvalue weighted by Crippen LogP contribution is -2.31. The van der Waals surface area contributed by atoms with Crippen molar-refractivity contribution in [3.8, 4) is 10.8 Å². The largest absolute Gasteiger partial charge is 0.418 e. The van der Waals surface area contributed by atoms with Gasteiger partial charge in [0.25, 0.3) is 5.89 Å². The monoisotopic (exact) mass is 382 g/mol. The number of thiophene rings is 1. The van der Waals surface area contributed by atoms with Crippen molar-refractivity contribution in [2.45, 2.75) is 38.8 Å². The fourth-order valence-corrected chi connectivity index (χ4v) is 4.23. The minimum Gasteiger partial charge on any atom is -0.418 e. The van der Waals surface area contributed by atoms with Crippen LogP contribution in [0.5, 0.6) is 0 Å². The quantitative estimate of drug-likeness (QED) is 0.601. The lowest BCUT2D eigenvalue weighted by Gasteiger charge is -2.32. The molecule has 3 aromatic rings. The summed E-state index contributed by atoms with van der Waals surface area (Å²) in [6.45, 7) is 5.29. The highest BCUT2D eigenvalue weighted by atomic mass is 32.1. The first-order valence-electron chi connectivity index (χ1n) is 9.63. The molecule has 2 aromatic heterocycles. The highest BCUT2D eigenvalue weighted by Gasteiger charge is 2.21. The Balaban J connectivity index is 1.48. The third-order valence-electron chi connectivity index (χ3n) is 5.30. The molecule has 0 radical (unpaired) electrons. The van der Waals surface area contributed by atoms with Gasteiger partial charge in [-0.1, -0.05) is 24.3 Å². The summed E-state index contributed by atoms with van der Waals surface area (Å²) in [6.07, 6.45) is 3.92. The van der Waals surface area contributed by atoms with E-state index >= 15 is 0 Å². The summed E-state index contributed by atoms with van der Waals surface area (Å²) in [5.41, 5.74) is 2.72. The molecule has 1 aliphatic rings. The third-order valence-corrected chi connectivity index (χ3v) is 6.16. The molecule has 1 aromatic carbocycles. The molecule has 142 valence electrons. The van der Waals surface area contributed by atoms with Gasteiger partial charge in [-0.15, -0.1) is 21.5 Å². The molecule has 1 fully saturated rings. The molecule has 4 rings (SSSR count). The van der Waals surface area contributed by atoms with E-state index in [1.807, 2.05) is 17.5 Å². The molecule has 0 N–H and O–H groups in total. The Bertz CT molecular complexity index is 855. The van der Waals surface area contributed by atoms with Crippen LogP contribution in [-0.4, -0.2) is 35.2 Å². The van der Waals surface area contributed by atoms with E-state index in [1.165, 1.54) is 30.5 Å². The molecular formula is C21H26N4OS. The maximum Gasteiger partial charge on any atom is 0.257 e. The van der Waals surface area contributed by atoms with Crippen molar-refractivity contribution >= 4 is 17.0 Å². The van der Waals surface area contributed by atoms with Crippen molar-refractivity contribution < 1.29 is 4.42 Å². The van der Waals surface area contributed by atoms with Gasteiger partial charge in [-0.3, -0.25) is 4.90 Å². The van der Waals surface area contributed by atoms with Crippen LogP contribution >= 0.6 is 11.3 Å². The van der Waals surface area contributed by atoms with E-state index in [9.17, 15) is 0 Å². The van der Waals surface area contributed by atoms with E-state index in [-0.39, 0.29) is 6.04 Å². The smallest absolute Gasteiger partial charge is 0.257 e. The van der Waals surface area contributed by atoms with Gasteiger partial charge >= 0.3 is 0 Å². The first-order valence-corrected chi connectivity index (χ1v) is 10.5. The Morgan fingerprint density at radius 1 is 1.11 bits per heavy atom. The second-order valence-corrected chi connectivity index (χ2v) is 8.14. The van der Waals surface area contributed by atoms with Crippen LogP contribution in [0.15, 0.2) is 46.2 Å². The second-order valence-electron chi connectivity index (χ2n) is 7.19. The molecule has 27 heavy (non-hydrogen) atoms. The number of rotatable bonds is 6. The van der Waals surface area contributed by atoms with Gasteiger partial charge in [0.1, 0.15) is 0 Å². The van der Waals surface area contributed by atoms with Gasteiger partial charge in [-0.2, -0.15) is 0 Å². The summed E-state index contributed by atoms with van der Waals surface area (Å²) < 4.78 is 5.93. The SMILES string of the molecule is CC(c1nnc(-c2cccs2)o1)N(C)Cc1ccccc1N1CCCCC1. The van der Waals surface area contributed by atoms with Crippen molar-refractivity contribution in [3.63, 3.8) is 0 Å². The van der Waals surface area contributed by atoms with Gasteiger partial charge in [-0.25, -0.2) is 0 Å². The van der Waals surface area contributed by atoms with Crippen LogP contribution in [0.25, 0.3) is 10.8 Å². The van der Waals surface area contributed by atoms with Crippen LogP contribution in [0.2, 0.25) is 0 Å². The summed E-state index contributed by atoms with van der Waals surface area (Å²) in [6, 6.07) is 12.8. The first-order chi connectivity index (χ1) is 13.2. The summed E-state index contributed by atoms with van der Waals surface area (Å²) in [5.74, 6) is 1.27. The fourth-order valence-electron chi connectivity index (χ4n) is 3.59. The zero-order valence-corrected chi connectivity index (χ0v) is 16.8. The highest BCUT2D eigenvalue weighted by molar-refractivity contribution is 7.13. The maximum absolute atomic E-state index is 5.93.